The predicted octanol–water partition coefficient (Wildman–Crippen LogP) is 5.03. The average molecular weight is 284 g/mol. The van der Waals surface area contributed by atoms with Gasteiger partial charge < -0.3 is 9.47 Å². The lowest BCUT2D eigenvalue weighted by atomic mass is 9.87. The third-order valence-electron chi connectivity index (χ3n) is 3.86. The lowest BCUT2D eigenvalue weighted by Gasteiger charge is -2.19. The van der Waals surface area contributed by atoms with Crippen molar-refractivity contribution >= 4 is 0 Å². The minimum Gasteiger partial charge on any atom is -0.493 e. The summed E-state index contributed by atoms with van der Waals surface area (Å²) in [6.07, 6.45) is 3.57. The molecule has 2 rings (SSSR count). The maximum absolute atomic E-state index is 5.44. The van der Waals surface area contributed by atoms with E-state index < -0.39 is 0 Å². The monoisotopic (exact) mass is 284 g/mol. The molecule has 2 heteroatoms. The van der Waals surface area contributed by atoms with Gasteiger partial charge >= 0.3 is 0 Å². The van der Waals surface area contributed by atoms with Crippen molar-refractivity contribution in [3.63, 3.8) is 0 Å². The summed E-state index contributed by atoms with van der Waals surface area (Å²) >= 11 is 0. The molecule has 1 unspecified atom stereocenters. The third-order valence-corrected chi connectivity index (χ3v) is 3.86. The molecule has 2 aromatic carbocycles. The van der Waals surface area contributed by atoms with Gasteiger partial charge in [0.2, 0.25) is 0 Å². The summed E-state index contributed by atoms with van der Waals surface area (Å²) in [5, 5.41) is 0. The molecule has 21 heavy (non-hydrogen) atoms. The first-order valence-corrected chi connectivity index (χ1v) is 7.57. The molecule has 1 atom stereocenters. The van der Waals surface area contributed by atoms with Crippen molar-refractivity contribution < 1.29 is 9.47 Å². The third kappa shape index (κ3) is 3.78. The minimum atomic E-state index is 0.408. The van der Waals surface area contributed by atoms with Crippen LogP contribution in [0.3, 0.4) is 0 Å². The fraction of sp³-hybridized carbons (Fsp3) is 0.368. The van der Waals surface area contributed by atoms with Crippen molar-refractivity contribution in [2.75, 3.05) is 14.2 Å². The molecule has 0 radical (unpaired) electrons. The van der Waals surface area contributed by atoms with Gasteiger partial charge in [-0.15, -0.1) is 0 Å². The topological polar surface area (TPSA) is 18.5 Å². The number of hydrogen-bond acceptors (Lipinski definition) is 2. The van der Waals surface area contributed by atoms with Crippen LogP contribution in [0.5, 0.6) is 11.5 Å². The van der Waals surface area contributed by atoms with Crippen LogP contribution >= 0.6 is 0 Å². The molecule has 2 nitrogen and oxygen atoms in total. The number of unbranched alkanes of at least 4 members (excludes halogenated alkanes) is 1. The molecule has 0 heterocycles. The Balaban J connectivity index is 2.36. The zero-order valence-electron chi connectivity index (χ0n) is 13.1. The largest absolute Gasteiger partial charge is 0.493 e. The van der Waals surface area contributed by atoms with Crippen molar-refractivity contribution in [2.45, 2.75) is 32.1 Å². The van der Waals surface area contributed by atoms with E-state index >= 15 is 0 Å². The Bertz CT molecular complexity index is 549. The van der Waals surface area contributed by atoms with Crippen LogP contribution < -0.4 is 9.47 Å². The van der Waals surface area contributed by atoms with E-state index in [1.807, 2.05) is 6.07 Å². The Morgan fingerprint density at radius 2 is 1.57 bits per heavy atom. The highest BCUT2D eigenvalue weighted by Gasteiger charge is 2.16. The zero-order chi connectivity index (χ0) is 15.1. The number of rotatable bonds is 7. The van der Waals surface area contributed by atoms with Gasteiger partial charge in [0.25, 0.3) is 0 Å². The Morgan fingerprint density at radius 3 is 2.19 bits per heavy atom. The van der Waals surface area contributed by atoms with E-state index in [-0.39, 0.29) is 0 Å². The van der Waals surface area contributed by atoms with Crippen LogP contribution in [0.15, 0.2) is 48.5 Å². The second-order valence-electron chi connectivity index (χ2n) is 5.22. The van der Waals surface area contributed by atoms with Gasteiger partial charge in [-0.25, -0.2) is 0 Å². The summed E-state index contributed by atoms with van der Waals surface area (Å²) in [5.41, 5.74) is 2.64. The SMILES string of the molecule is CCCCC(c1ccccc1)c1ccc(OC)c(OC)c1. The number of hydrogen-bond donors (Lipinski definition) is 0. The van der Waals surface area contributed by atoms with E-state index in [4.69, 9.17) is 9.47 Å². The van der Waals surface area contributed by atoms with Gasteiger partial charge in [-0.1, -0.05) is 56.2 Å². The molecule has 0 aliphatic heterocycles. The number of ether oxygens (including phenoxy) is 2. The number of benzene rings is 2. The first-order valence-electron chi connectivity index (χ1n) is 7.57. The Morgan fingerprint density at radius 1 is 0.857 bits per heavy atom. The molecular formula is C19H24O2. The van der Waals surface area contributed by atoms with Gasteiger partial charge in [-0.2, -0.15) is 0 Å². The first kappa shape index (κ1) is 15.4. The minimum absolute atomic E-state index is 0.408. The molecule has 0 saturated heterocycles. The second-order valence-corrected chi connectivity index (χ2v) is 5.22. The molecule has 0 amide bonds. The number of methoxy groups -OCH3 is 2. The average Bonchev–Trinajstić information content (AvgIpc) is 2.56. The van der Waals surface area contributed by atoms with Crippen molar-refractivity contribution in [2.24, 2.45) is 0 Å². The molecule has 0 aromatic heterocycles. The van der Waals surface area contributed by atoms with Gasteiger partial charge in [0.15, 0.2) is 11.5 Å². The molecule has 112 valence electrons. The summed E-state index contributed by atoms with van der Waals surface area (Å²) in [4.78, 5) is 0. The van der Waals surface area contributed by atoms with E-state index in [0.717, 1.165) is 17.9 Å². The molecule has 0 fully saturated rings. The normalized spacial score (nSPS) is 12.0. The van der Waals surface area contributed by atoms with Gasteiger partial charge in [-0.3, -0.25) is 0 Å². The molecule has 0 saturated carbocycles. The van der Waals surface area contributed by atoms with E-state index in [9.17, 15) is 0 Å². The van der Waals surface area contributed by atoms with Crippen LogP contribution in [0.4, 0.5) is 0 Å². The van der Waals surface area contributed by atoms with Crippen LogP contribution in [-0.2, 0) is 0 Å². The van der Waals surface area contributed by atoms with Crippen LogP contribution in [0, 0.1) is 0 Å². The summed E-state index contributed by atoms with van der Waals surface area (Å²) in [6, 6.07) is 16.9. The second kappa shape index (κ2) is 7.72. The quantitative estimate of drug-likeness (QED) is 0.710. The van der Waals surface area contributed by atoms with Crippen LogP contribution in [0.1, 0.15) is 43.2 Å². The smallest absolute Gasteiger partial charge is 0.161 e. The Labute approximate surface area is 127 Å². The Hall–Kier alpha value is -1.96. The molecule has 0 aliphatic carbocycles. The van der Waals surface area contributed by atoms with E-state index in [1.165, 1.54) is 24.0 Å². The Kier molecular flexibility index (Phi) is 5.68. The van der Waals surface area contributed by atoms with Crippen LogP contribution in [-0.4, -0.2) is 14.2 Å². The van der Waals surface area contributed by atoms with Crippen molar-refractivity contribution in [3.05, 3.63) is 59.7 Å². The summed E-state index contributed by atoms with van der Waals surface area (Å²) in [6.45, 7) is 2.23. The lowest BCUT2D eigenvalue weighted by molar-refractivity contribution is 0.354. The van der Waals surface area contributed by atoms with Crippen LogP contribution in [0.25, 0.3) is 0 Å². The molecule has 0 bridgehead atoms. The van der Waals surface area contributed by atoms with Crippen molar-refractivity contribution in [3.8, 4) is 11.5 Å². The molecule has 0 spiro atoms. The molecular weight excluding hydrogens is 260 g/mol. The fourth-order valence-electron chi connectivity index (χ4n) is 2.69. The maximum Gasteiger partial charge on any atom is 0.161 e. The standard InChI is InChI=1S/C19H24O2/c1-4-5-11-17(15-9-7-6-8-10-15)16-12-13-18(20-2)19(14-16)21-3/h6-10,12-14,17H,4-5,11H2,1-3H3. The van der Waals surface area contributed by atoms with Gasteiger partial charge in [-0.05, 0) is 29.7 Å². The molecule has 2 aromatic rings. The van der Waals surface area contributed by atoms with Crippen molar-refractivity contribution in [1.29, 1.82) is 0 Å². The van der Waals surface area contributed by atoms with E-state index in [1.54, 1.807) is 14.2 Å². The summed E-state index contributed by atoms with van der Waals surface area (Å²) < 4.78 is 10.8. The molecule has 0 N–H and O–H groups in total. The lowest BCUT2D eigenvalue weighted by Crippen LogP contribution is -2.02. The maximum atomic E-state index is 5.44. The van der Waals surface area contributed by atoms with E-state index in [2.05, 4.69) is 49.4 Å². The highest BCUT2D eigenvalue weighted by atomic mass is 16.5. The van der Waals surface area contributed by atoms with E-state index in [0.29, 0.717) is 5.92 Å². The zero-order valence-corrected chi connectivity index (χ0v) is 13.1. The van der Waals surface area contributed by atoms with Gasteiger partial charge in [0, 0.05) is 5.92 Å². The highest BCUT2D eigenvalue weighted by molar-refractivity contribution is 5.46. The van der Waals surface area contributed by atoms with Crippen LogP contribution in [0.2, 0.25) is 0 Å². The predicted molar refractivity (Wildman–Crippen MR) is 87.4 cm³/mol. The van der Waals surface area contributed by atoms with Crippen molar-refractivity contribution in [1.82, 2.24) is 0 Å². The fourth-order valence-corrected chi connectivity index (χ4v) is 2.69. The molecule has 0 aliphatic rings. The van der Waals surface area contributed by atoms with Gasteiger partial charge in [0.05, 0.1) is 14.2 Å². The summed E-state index contributed by atoms with van der Waals surface area (Å²) in [7, 11) is 3.36. The summed E-state index contributed by atoms with van der Waals surface area (Å²) in [5.74, 6) is 1.99. The first-order chi connectivity index (χ1) is 10.3. The highest BCUT2D eigenvalue weighted by Crippen LogP contribution is 2.35. The van der Waals surface area contributed by atoms with Gasteiger partial charge in [0.1, 0.15) is 0 Å².